The normalized spacial score (nSPS) is 46.6. The van der Waals surface area contributed by atoms with Gasteiger partial charge in [-0.05, 0) is 104 Å². The van der Waals surface area contributed by atoms with Crippen LogP contribution in [-0.2, 0) is 9.53 Å². The summed E-state index contributed by atoms with van der Waals surface area (Å²) in [4.78, 5) is 11.7. The predicted molar refractivity (Wildman–Crippen MR) is 126 cm³/mol. The summed E-state index contributed by atoms with van der Waals surface area (Å²) in [6.07, 6.45) is 10.8. The average molecular weight is 450 g/mol. The predicted octanol–water partition coefficient (Wildman–Crippen LogP) is 4.16. The Labute approximate surface area is 195 Å². The Bertz CT molecular complexity index is 670. The molecule has 0 spiro atoms. The summed E-state index contributed by atoms with van der Waals surface area (Å²) < 4.78 is 4.88. The van der Waals surface area contributed by atoms with Gasteiger partial charge in [0.15, 0.2) is 0 Å². The average Bonchev–Trinajstić information content (AvgIpc) is 3.13. The zero-order chi connectivity index (χ0) is 23.1. The van der Waals surface area contributed by atoms with Crippen LogP contribution in [0.2, 0.25) is 0 Å². The van der Waals surface area contributed by atoms with E-state index in [0.717, 1.165) is 19.3 Å². The Morgan fingerprint density at radius 2 is 1.81 bits per heavy atom. The number of hydrogen-bond donors (Lipinski definition) is 3. The molecule has 0 saturated heterocycles. The van der Waals surface area contributed by atoms with Gasteiger partial charge in [0.1, 0.15) is 0 Å². The van der Waals surface area contributed by atoms with Gasteiger partial charge >= 0.3 is 5.97 Å². The highest BCUT2D eigenvalue weighted by Gasteiger charge is 2.62. The van der Waals surface area contributed by atoms with Gasteiger partial charge < -0.3 is 20.3 Å². The van der Waals surface area contributed by atoms with Crippen molar-refractivity contribution >= 4 is 5.97 Å². The van der Waals surface area contributed by atoms with Crippen molar-refractivity contribution in [3.8, 4) is 0 Å². The molecule has 10 atom stereocenters. The van der Waals surface area contributed by atoms with Gasteiger partial charge in [0.25, 0.3) is 0 Å². The van der Waals surface area contributed by atoms with Crippen LogP contribution in [0.1, 0.15) is 85.0 Å². The lowest BCUT2D eigenvalue weighted by Crippen LogP contribution is -2.59. The maximum absolute atomic E-state index is 11.7. The van der Waals surface area contributed by atoms with E-state index in [-0.39, 0.29) is 18.7 Å². The number of hydrogen-bond acceptors (Lipinski definition) is 5. The number of fused-ring (bicyclic) bond motifs is 5. The van der Waals surface area contributed by atoms with Crippen LogP contribution in [-0.4, -0.2) is 48.6 Å². The van der Waals surface area contributed by atoms with Crippen LogP contribution in [0, 0.1) is 46.3 Å². The molecular formula is C27H47NO4. The summed E-state index contributed by atoms with van der Waals surface area (Å²) in [6.45, 7) is 8.27. The third kappa shape index (κ3) is 4.15. The maximum Gasteiger partial charge on any atom is 0.305 e. The number of esters is 1. The molecule has 0 amide bonds. The van der Waals surface area contributed by atoms with Crippen molar-refractivity contribution in [3.05, 3.63) is 0 Å². The van der Waals surface area contributed by atoms with E-state index in [1.807, 2.05) is 0 Å². The van der Waals surface area contributed by atoms with Crippen molar-refractivity contribution < 1.29 is 19.7 Å². The minimum Gasteiger partial charge on any atom is -0.469 e. The van der Waals surface area contributed by atoms with Crippen molar-refractivity contribution in [2.24, 2.45) is 46.3 Å². The fourth-order valence-electron chi connectivity index (χ4n) is 9.30. The Hall–Kier alpha value is -0.650. The molecule has 0 aromatic rings. The van der Waals surface area contributed by atoms with Crippen LogP contribution in [0.15, 0.2) is 0 Å². The van der Waals surface area contributed by atoms with E-state index in [1.165, 1.54) is 45.6 Å². The summed E-state index contributed by atoms with van der Waals surface area (Å²) in [5.74, 6) is 3.36. The highest BCUT2D eigenvalue weighted by Crippen LogP contribution is 2.68. The molecule has 3 unspecified atom stereocenters. The van der Waals surface area contributed by atoms with E-state index in [1.54, 1.807) is 0 Å². The number of nitrogens with one attached hydrogen (secondary N) is 1. The lowest BCUT2D eigenvalue weighted by Gasteiger charge is -2.62. The molecule has 4 saturated carbocycles. The highest BCUT2D eigenvalue weighted by molar-refractivity contribution is 5.69. The summed E-state index contributed by atoms with van der Waals surface area (Å²) in [5, 5.41) is 24.2. The molecule has 5 nitrogen and oxygen atoms in total. The van der Waals surface area contributed by atoms with Crippen molar-refractivity contribution in [1.82, 2.24) is 5.32 Å². The van der Waals surface area contributed by atoms with Crippen molar-refractivity contribution in [1.29, 1.82) is 0 Å². The molecule has 4 fully saturated rings. The van der Waals surface area contributed by atoms with Crippen molar-refractivity contribution in [2.45, 2.75) is 97.1 Å². The van der Waals surface area contributed by atoms with Gasteiger partial charge in [0.2, 0.25) is 0 Å². The van der Waals surface area contributed by atoms with E-state index < -0.39 is 0 Å². The fourth-order valence-corrected chi connectivity index (χ4v) is 9.30. The summed E-state index contributed by atoms with van der Waals surface area (Å²) in [7, 11) is 1.48. The molecule has 32 heavy (non-hydrogen) atoms. The Morgan fingerprint density at radius 3 is 2.53 bits per heavy atom. The number of carbonyl (C=O) groups is 1. The summed E-state index contributed by atoms with van der Waals surface area (Å²) >= 11 is 0. The monoisotopic (exact) mass is 449 g/mol. The number of aliphatic hydroxyl groups excluding tert-OH is 2. The molecule has 0 heterocycles. The maximum atomic E-state index is 11.7. The molecule has 3 N–H and O–H groups in total. The number of aliphatic hydroxyl groups is 2. The lowest BCUT2D eigenvalue weighted by molar-refractivity contribution is -0.167. The van der Waals surface area contributed by atoms with Crippen LogP contribution >= 0.6 is 0 Å². The zero-order valence-corrected chi connectivity index (χ0v) is 20.8. The quantitative estimate of drug-likeness (QED) is 0.509. The van der Waals surface area contributed by atoms with E-state index in [4.69, 9.17) is 4.74 Å². The molecule has 4 aliphatic carbocycles. The molecule has 0 bridgehead atoms. The second-order valence-corrected chi connectivity index (χ2v) is 12.3. The fraction of sp³-hybridized carbons (Fsp3) is 0.963. The molecule has 4 aliphatic rings. The summed E-state index contributed by atoms with van der Waals surface area (Å²) in [6, 6.07) is 0.490. The Kier molecular flexibility index (Phi) is 7.30. The Balaban J connectivity index is 1.48. The minimum atomic E-state index is -0.177. The van der Waals surface area contributed by atoms with Gasteiger partial charge in [-0.15, -0.1) is 0 Å². The van der Waals surface area contributed by atoms with Crippen molar-refractivity contribution in [2.75, 3.05) is 20.3 Å². The van der Waals surface area contributed by atoms with Crippen LogP contribution in [0.4, 0.5) is 0 Å². The number of rotatable bonds is 7. The van der Waals surface area contributed by atoms with Gasteiger partial charge in [-0.1, -0.05) is 20.8 Å². The summed E-state index contributed by atoms with van der Waals surface area (Å²) in [5.41, 5.74) is 0.637. The van der Waals surface area contributed by atoms with Gasteiger partial charge in [-0.2, -0.15) is 0 Å². The van der Waals surface area contributed by atoms with Gasteiger partial charge in [0.05, 0.1) is 19.8 Å². The third-order valence-corrected chi connectivity index (χ3v) is 11.0. The smallest absolute Gasteiger partial charge is 0.305 e. The van der Waals surface area contributed by atoms with E-state index >= 15 is 0 Å². The lowest BCUT2D eigenvalue weighted by atomic mass is 9.43. The largest absolute Gasteiger partial charge is 0.469 e. The molecule has 0 aromatic heterocycles. The highest BCUT2D eigenvalue weighted by atomic mass is 16.5. The number of methoxy groups -OCH3 is 1. The minimum absolute atomic E-state index is 0.0917. The van der Waals surface area contributed by atoms with Crippen LogP contribution in [0.25, 0.3) is 0 Å². The Morgan fingerprint density at radius 1 is 1.09 bits per heavy atom. The SMILES string of the molecule is COC(=O)CC[C@@H](C)[C@H]1CCC2C3C(CC[C@@]21C)[C@@]1(C)CC[C@H](NCCO)C[C@H]1C[C@H]3O. The van der Waals surface area contributed by atoms with Gasteiger partial charge in [-0.25, -0.2) is 0 Å². The van der Waals surface area contributed by atoms with E-state index in [9.17, 15) is 15.0 Å². The zero-order valence-electron chi connectivity index (χ0n) is 20.8. The molecule has 0 aromatic carbocycles. The van der Waals surface area contributed by atoms with Gasteiger partial charge in [-0.3, -0.25) is 4.79 Å². The topological polar surface area (TPSA) is 78.8 Å². The second-order valence-electron chi connectivity index (χ2n) is 12.3. The van der Waals surface area contributed by atoms with Crippen LogP contribution in [0.3, 0.4) is 0 Å². The second kappa shape index (κ2) is 9.54. The van der Waals surface area contributed by atoms with E-state index in [2.05, 4.69) is 26.1 Å². The standard InChI is InChI=1S/C27H47NO4/c1-17(5-8-24(31)32-4)20-6-7-21-25-22(10-12-27(20,21)3)26(2)11-9-19(28-13-14-29)15-18(26)16-23(25)30/h17-23,25,28-30H,5-16H2,1-4H3/t17-,18+,19+,20-,21?,22?,23-,25?,26+,27-/m1/s1. The molecule has 0 radical (unpaired) electrons. The third-order valence-electron chi connectivity index (χ3n) is 11.0. The molecule has 184 valence electrons. The first kappa shape index (κ1) is 24.5. The first-order chi connectivity index (χ1) is 15.2. The van der Waals surface area contributed by atoms with Crippen LogP contribution < -0.4 is 5.32 Å². The first-order valence-corrected chi connectivity index (χ1v) is 13.3. The molecule has 0 aliphatic heterocycles. The van der Waals surface area contributed by atoms with Gasteiger partial charge in [0, 0.05) is 19.0 Å². The molecule has 4 rings (SSSR count). The number of ether oxygens (including phenoxy) is 1. The first-order valence-electron chi connectivity index (χ1n) is 13.3. The molecular weight excluding hydrogens is 402 g/mol. The van der Waals surface area contributed by atoms with Crippen molar-refractivity contribution in [3.63, 3.8) is 0 Å². The van der Waals surface area contributed by atoms with Crippen LogP contribution in [0.5, 0.6) is 0 Å². The number of carbonyl (C=O) groups excluding carboxylic acids is 1. The van der Waals surface area contributed by atoms with E-state index in [0.29, 0.717) is 65.3 Å². The molecule has 5 heteroatoms.